The zero-order chi connectivity index (χ0) is 15.4. The van der Waals surface area contributed by atoms with Gasteiger partial charge in [0.2, 0.25) is 0 Å². The molecule has 0 spiro atoms. The number of aliphatic hydroxyl groups is 1. The molecule has 1 atom stereocenters. The largest absolute Gasteiger partial charge is 0.393 e. The van der Waals surface area contributed by atoms with Crippen LogP contribution in [0.4, 0.5) is 4.39 Å². The lowest BCUT2D eigenvalue weighted by atomic mass is 10.0. The van der Waals surface area contributed by atoms with Crippen LogP contribution < -0.4 is 5.32 Å². The molecule has 0 aliphatic carbocycles. The highest BCUT2D eigenvalue weighted by Crippen LogP contribution is 2.24. The number of hydrogen-bond acceptors (Lipinski definition) is 4. The first-order valence-corrected chi connectivity index (χ1v) is 8.33. The summed E-state index contributed by atoms with van der Waals surface area (Å²) in [5.41, 5.74) is 1.19. The highest BCUT2D eigenvalue weighted by atomic mass is 19.1. The lowest BCUT2D eigenvalue weighted by Gasteiger charge is -2.39. The Kier molecular flexibility index (Phi) is 5.41. The second-order valence-corrected chi connectivity index (χ2v) is 6.39. The van der Waals surface area contributed by atoms with Crippen molar-refractivity contribution in [3.63, 3.8) is 0 Å². The molecule has 2 N–H and O–H groups in total. The van der Waals surface area contributed by atoms with Crippen molar-refractivity contribution in [2.45, 2.75) is 25.0 Å². The van der Waals surface area contributed by atoms with E-state index >= 15 is 0 Å². The van der Waals surface area contributed by atoms with Crippen molar-refractivity contribution in [2.75, 3.05) is 45.8 Å². The zero-order valence-electron chi connectivity index (χ0n) is 13.0. The van der Waals surface area contributed by atoms with E-state index in [0.717, 1.165) is 58.7 Å². The molecule has 1 aromatic rings. The molecule has 2 heterocycles. The average molecular weight is 307 g/mol. The van der Waals surface area contributed by atoms with Gasteiger partial charge in [0.25, 0.3) is 0 Å². The predicted molar refractivity (Wildman–Crippen MR) is 85.3 cm³/mol. The third-order valence-corrected chi connectivity index (χ3v) is 4.84. The molecule has 122 valence electrons. The fourth-order valence-corrected chi connectivity index (χ4v) is 3.46. The highest BCUT2D eigenvalue weighted by Gasteiger charge is 2.26. The third kappa shape index (κ3) is 4.04. The van der Waals surface area contributed by atoms with Crippen LogP contribution in [0.25, 0.3) is 0 Å². The Morgan fingerprint density at radius 1 is 1.09 bits per heavy atom. The quantitative estimate of drug-likeness (QED) is 0.877. The number of benzene rings is 1. The van der Waals surface area contributed by atoms with E-state index in [1.54, 1.807) is 12.1 Å². The van der Waals surface area contributed by atoms with E-state index in [9.17, 15) is 9.50 Å². The fraction of sp³-hybridized carbons (Fsp3) is 0.647. The van der Waals surface area contributed by atoms with E-state index in [-0.39, 0.29) is 11.9 Å². The van der Waals surface area contributed by atoms with Crippen LogP contribution >= 0.6 is 0 Å². The maximum absolute atomic E-state index is 13.2. The molecule has 0 radical (unpaired) electrons. The van der Waals surface area contributed by atoms with Crippen LogP contribution in [0.1, 0.15) is 24.4 Å². The van der Waals surface area contributed by atoms with Gasteiger partial charge in [-0.25, -0.2) is 4.39 Å². The van der Waals surface area contributed by atoms with Crippen LogP contribution in [0.3, 0.4) is 0 Å². The lowest BCUT2D eigenvalue weighted by molar-refractivity contribution is 0.0589. The number of rotatable bonds is 4. The van der Waals surface area contributed by atoms with Crippen LogP contribution in [-0.2, 0) is 0 Å². The summed E-state index contributed by atoms with van der Waals surface area (Å²) in [7, 11) is 0. The SMILES string of the molecule is OC1CCN(CC(c2ccc(F)cc2)N2CCNCC2)CC1. The highest BCUT2D eigenvalue weighted by molar-refractivity contribution is 5.21. The molecule has 0 bridgehead atoms. The van der Waals surface area contributed by atoms with Crippen molar-refractivity contribution >= 4 is 0 Å². The number of halogens is 1. The summed E-state index contributed by atoms with van der Waals surface area (Å²) in [6, 6.07) is 7.26. The van der Waals surface area contributed by atoms with Gasteiger partial charge in [-0.1, -0.05) is 12.1 Å². The first-order chi connectivity index (χ1) is 10.7. The van der Waals surface area contributed by atoms with Gasteiger partial charge in [0.1, 0.15) is 5.82 Å². The van der Waals surface area contributed by atoms with Gasteiger partial charge in [0, 0.05) is 51.9 Å². The van der Waals surface area contributed by atoms with E-state index in [1.807, 2.05) is 12.1 Å². The van der Waals surface area contributed by atoms with Crippen molar-refractivity contribution in [2.24, 2.45) is 0 Å². The maximum atomic E-state index is 13.2. The summed E-state index contributed by atoms with van der Waals surface area (Å²) in [4.78, 5) is 4.93. The Bertz CT molecular complexity index is 453. The number of nitrogens with one attached hydrogen (secondary N) is 1. The summed E-state index contributed by atoms with van der Waals surface area (Å²) >= 11 is 0. The van der Waals surface area contributed by atoms with E-state index in [2.05, 4.69) is 15.1 Å². The number of likely N-dealkylation sites (tertiary alicyclic amines) is 1. The predicted octanol–water partition coefficient (Wildman–Crippen LogP) is 1.23. The van der Waals surface area contributed by atoms with Crippen molar-refractivity contribution in [1.29, 1.82) is 0 Å². The molecule has 2 saturated heterocycles. The molecule has 0 saturated carbocycles. The molecule has 2 aliphatic heterocycles. The topological polar surface area (TPSA) is 38.7 Å². The number of hydrogen-bond donors (Lipinski definition) is 2. The molecule has 2 aliphatic rings. The Morgan fingerprint density at radius 3 is 2.36 bits per heavy atom. The second kappa shape index (κ2) is 7.51. The summed E-state index contributed by atoms with van der Waals surface area (Å²) in [5, 5.41) is 13.1. The van der Waals surface area contributed by atoms with Gasteiger partial charge in [-0.05, 0) is 30.5 Å². The number of nitrogens with zero attached hydrogens (tertiary/aromatic N) is 2. The van der Waals surface area contributed by atoms with Gasteiger partial charge in [-0.3, -0.25) is 4.90 Å². The van der Waals surface area contributed by atoms with Crippen molar-refractivity contribution in [3.05, 3.63) is 35.6 Å². The number of piperidine rings is 1. The molecule has 0 aromatic heterocycles. The van der Waals surface area contributed by atoms with E-state index < -0.39 is 0 Å². The molecule has 4 nitrogen and oxygen atoms in total. The Balaban J connectivity index is 1.71. The average Bonchev–Trinajstić information content (AvgIpc) is 2.56. The number of piperazine rings is 1. The van der Waals surface area contributed by atoms with Gasteiger partial charge < -0.3 is 15.3 Å². The molecule has 5 heteroatoms. The van der Waals surface area contributed by atoms with Crippen LogP contribution in [0.5, 0.6) is 0 Å². The summed E-state index contributed by atoms with van der Waals surface area (Å²) in [5.74, 6) is -0.177. The van der Waals surface area contributed by atoms with Crippen molar-refractivity contribution in [1.82, 2.24) is 15.1 Å². The molecule has 3 rings (SSSR count). The molecular weight excluding hydrogens is 281 g/mol. The minimum absolute atomic E-state index is 0.139. The van der Waals surface area contributed by atoms with Gasteiger partial charge in [0.05, 0.1) is 6.10 Å². The van der Waals surface area contributed by atoms with Gasteiger partial charge in [-0.15, -0.1) is 0 Å². The molecule has 1 unspecified atom stereocenters. The minimum Gasteiger partial charge on any atom is -0.393 e. The van der Waals surface area contributed by atoms with E-state index in [1.165, 1.54) is 5.56 Å². The van der Waals surface area contributed by atoms with Gasteiger partial charge in [-0.2, -0.15) is 0 Å². The monoisotopic (exact) mass is 307 g/mol. The Morgan fingerprint density at radius 2 is 1.73 bits per heavy atom. The standard InChI is InChI=1S/C17H26FN3O/c18-15-3-1-14(2-4-15)17(21-11-7-19-8-12-21)13-20-9-5-16(22)6-10-20/h1-4,16-17,19,22H,5-13H2. The van der Waals surface area contributed by atoms with Crippen LogP contribution in [0.15, 0.2) is 24.3 Å². The Hall–Kier alpha value is -1.01. The molecule has 22 heavy (non-hydrogen) atoms. The first kappa shape index (κ1) is 15.9. The van der Waals surface area contributed by atoms with Crippen LogP contribution in [0.2, 0.25) is 0 Å². The molecule has 1 aromatic carbocycles. The summed E-state index contributed by atoms with van der Waals surface area (Å²) in [6.07, 6.45) is 1.58. The van der Waals surface area contributed by atoms with Crippen LogP contribution in [0, 0.1) is 5.82 Å². The molecular formula is C17H26FN3O. The van der Waals surface area contributed by atoms with E-state index in [0.29, 0.717) is 6.04 Å². The van der Waals surface area contributed by atoms with Gasteiger partial charge in [0.15, 0.2) is 0 Å². The smallest absolute Gasteiger partial charge is 0.123 e. The van der Waals surface area contributed by atoms with Crippen LogP contribution in [-0.4, -0.2) is 66.8 Å². The van der Waals surface area contributed by atoms with Gasteiger partial charge >= 0.3 is 0 Å². The third-order valence-electron chi connectivity index (χ3n) is 4.84. The van der Waals surface area contributed by atoms with Crippen molar-refractivity contribution in [3.8, 4) is 0 Å². The normalized spacial score (nSPS) is 23.5. The maximum Gasteiger partial charge on any atom is 0.123 e. The first-order valence-electron chi connectivity index (χ1n) is 8.33. The Labute approximate surface area is 131 Å². The summed E-state index contributed by atoms with van der Waals surface area (Å²) in [6.45, 7) is 6.93. The molecule has 2 fully saturated rings. The zero-order valence-corrected chi connectivity index (χ0v) is 13.0. The fourth-order valence-electron chi connectivity index (χ4n) is 3.46. The summed E-state index contributed by atoms with van der Waals surface area (Å²) < 4.78 is 13.2. The second-order valence-electron chi connectivity index (χ2n) is 6.39. The number of aliphatic hydroxyl groups excluding tert-OH is 1. The van der Waals surface area contributed by atoms with E-state index in [4.69, 9.17) is 0 Å². The van der Waals surface area contributed by atoms with Crippen molar-refractivity contribution < 1.29 is 9.50 Å². The molecule has 0 amide bonds. The lowest BCUT2D eigenvalue weighted by Crippen LogP contribution is -2.49. The minimum atomic E-state index is -0.177.